The van der Waals surface area contributed by atoms with Crippen molar-refractivity contribution in [1.82, 2.24) is 0 Å². The van der Waals surface area contributed by atoms with Gasteiger partial charge in [0.2, 0.25) is 0 Å². The third kappa shape index (κ3) is 1.60. The number of aliphatic hydroxyl groups excluding tert-OH is 4. The summed E-state index contributed by atoms with van der Waals surface area (Å²) in [7, 11) is 0. The summed E-state index contributed by atoms with van der Waals surface area (Å²) in [6.07, 6.45) is -4.94. The molecule has 0 spiro atoms. The Kier molecular flexibility index (Phi) is 3.03. The third-order valence-electron chi connectivity index (χ3n) is 2.13. The number of hydrogen-bond donors (Lipinski definition) is 4. The zero-order valence-corrected chi connectivity index (χ0v) is 6.79. The van der Waals surface area contributed by atoms with Gasteiger partial charge in [-0.3, -0.25) is 0 Å². The Morgan fingerprint density at radius 2 is 1.67 bits per heavy atom. The predicted molar refractivity (Wildman–Crippen MR) is 39.4 cm³/mol. The van der Waals surface area contributed by atoms with Crippen LogP contribution in [0.4, 0.5) is 0 Å². The lowest BCUT2D eigenvalue weighted by Crippen LogP contribution is -2.57. The van der Waals surface area contributed by atoms with Gasteiger partial charge in [0.15, 0.2) is 0 Å². The minimum absolute atomic E-state index is 0.366. The first-order valence-electron chi connectivity index (χ1n) is 3.88. The van der Waals surface area contributed by atoms with E-state index in [9.17, 15) is 15.3 Å². The molecule has 0 unspecified atom stereocenters. The van der Waals surface area contributed by atoms with E-state index in [0.717, 1.165) is 0 Å². The first kappa shape index (κ1) is 9.88. The molecule has 0 radical (unpaired) electrons. The molecule has 0 aromatic rings. The lowest BCUT2D eigenvalue weighted by molar-refractivity contribution is -0.224. The SMILES string of the molecule is C[C@H]1O[C@H](CO)[C@@H](O)[C@H](O)[C@@H]1O. The van der Waals surface area contributed by atoms with Crippen molar-refractivity contribution in [3.05, 3.63) is 0 Å². The van der Waals surface area contributed by atoms with Crippen LogP contribution < -0.4 is 0 Å². The average molecular weight is 178 g/mol. The van der Waals surface area contributed by atoms with E-state index in [1.54, 1.807) is 6.92 Å². The van der Waals surface area contributed by atoms with Gasteiger partial charge in [-0.05, 0) is 6.92 Å². The van der Waals surface area contributed by atoms with Crippen molar-refractivity contribution in [1.29, 1.82) is 0 Å². The molecule has 1 rings (SSSR count). The van der Waals surface area contributed by atoms with Gasteiger partial charge < -0.3 is 25.2 Å². The molecular weight excluding hydrogens is 164 g/mol. The molecule has 5 nitrogen and oxygen atoms in total. The van der Waals surface area contributed by atoms with Crippen LogP contribution in [-0.4, -0.2) is 57.6 Å². The van der Waals surface area contributed by atoms with E-state index in [2.05, 4.69) is 0 Å². The number of rotatable bonds is 1. The standard InChI is InChI=1S/C7H14O5/c1-3-5(9)7(11)6(10)4(2-8)12-3/h3-11H,2H2,1H3/t3-,4-,5-,6-,7-/m1/s1. The van der Waals surface area contributed by atoms with Crippen molar-refractivity contribution in [2.75, 3.05) is 6.61 Å². The van der Waals surface area contributed by atoms with Crippen LogP contribution in [0.5, 0.6) is 0 Å². The Balaban J connectivity index is 2.63. The molecule has 0 amide bonds. The largest absolute Gasteiger partial charge is 0.394 e. The van der Waals surface area contributed by atoms with Crippen LogP contribution in [0.15, 0.2) is 0 Å². The van der Waals surface area contributed by atoms with Gasteiger partial charge in [0, 0.05) is 0 Å². The van der Waals surface area contributed by atoms with Crippen LogP contribution in [-0.2, 0) is 4.74 Å². The first-order chi connectivity index (χ1) is 5.57. The zero-order chi connectivity index (χ0) is 9.30. The van der Waals surface area contributed by atoms with Gasteiger partial charge in [0.1, 0.15) is 24.4 Å². The van der Waals surface area contributed by atoms with Gasteiger partial charge >= 0.3 is 0 Å². The van der Waals surface area contributed by atoms with Crippen molar-refractivity contribution in [3.63, 3.8) is 0 Å². The highest BCUT2D eigenvalue weighted by molar-refractivity contribution is 4.89. The predicted octanol–water partition coefficient (Wildman–Crippen LogP) is -2.15. The molecule has 1 aliphatic heterocycles. The van der Waals surface area contributed by atoms with Crippen molar-refractivity contribution < 1.29 is 25.2 Å². The summed E-state index contributed by atoms with van der Waals surface area (Å²) in [6.45, 7) is 1.21. The quantitative estimate of drug-likeness (QED) is 0.367. The highest BCUT2D eigenvalue weighted by atomic mass is 16.5. The smallest absolute Gasteiger partial charge is 0.111 e. The molecule has 1 saturated heterocycles. The molecule has 0 aliphatic carbocycles. The average Bonchev–Trinajstić information content (AvgIpc) is 2.08. The van der Waals surface area contributed by atoms with E-state index in [1.807, 2.05) is 0 Å². The summed E-state index contributed by atoms with van der Waals surface area (Å²) in [5.41, 5.74) is 0. The van der Waals surface area contributed by atoms with Crippen LogP contribution in [0.1, 0.15) is 6.92 Å². The second-order valence-electron chi connectivity index (χ2n) is 3.03. The lowest BCUT2D eigenvalue weighted by Gasteiger charge is -2.38. The van der Waals surface area contributed by atoms with Crippen LogP contribution >= 0.6 is 0 Å². The van der Waals surface area contributed by atoms with Crippen LogP contribution in [0.3, 0.4) is 0 Å². The van der Waals surface area contributed by atoms with Gasteiger partial charge in [0.05, 0.1) is 12.7 Å². The van der Waals surface area contributed by atoms with Gasteiger partial charge in [-0.1, -0.05) is 0 Å². The highest BCUT2D eigenvalue weighted by Crippen LogP contribution is 2.20. The maximum Gasteiger partial charge on any atom is 0.111 e. The van der Waals surface area contributed by atoms with Gasteiger partial charge in [0.25, 0.3) is 0 Å². The zero-order valence-electron chi connectivity index (χ0n) is 6.79. The second kappa shape index (κ2) is 3.68. The minimum Gasteiger partial charge on any atom is -0.394 e. The number of ether oxygens (including phenoxy) is 1. The molecular formula is C7H14O5. The van der Waals surface area contributed by atoms with Crippen LogP contribution in [0, 0.1) is 0 Å². The molecule has 0 saturated carbocycles. The summed E-state index contributed by atoms with van der Waals surface area (Å²) in [5, 5.41) is 36.4. The molecule has 4 N–H and O–H groups in total. The third-order valence-corrected chi connectivity index (χ3v) is 2.13. The summed E-state index contributed by atoms with van der Waals surface area (Å²) in [4.78, 5) is 0. The normalized spacial score (nSPS) is 49.2. The maximum atomic E-state index is 9.23. The number of aliphatic hydroxyl groups is 4. The molecule has 12 heavy (non-hydrogen) atoms. The van der Waals surface area contributed by atoms with Crippen molar-refractivity contribution in [2.24, 2.45) is 0 Å². The Bertz CT molecular complexity index is 146. The van der Waals surface area contributed by atoms with Gasteiger partial charge in [-0.2, -0.15) is 0 Å². The molecule has 0 aromatic carbocycles. The molecule has 0 bridgehead atoms. The maximum absolute atomic E-state index is 9.23. The van der Waals surface area contributed by atoms with Crippen LogP contribution in [0.2, 0.25) is 0 Å². The van der Waals surface area contributed by atoms with E-state index in [1.165, 1.54) is 0 Å². The Morgan fingerprint density at radius 1 is 1.08 bits per heavy atom. The van der Waals surface area contributed by atoms with E-state index in [-0.39, 0.29) is 6.61 Å². The summed E-state index contributed by atoms with van der Waals surface area (Å²) < 4.78 is 5.02. The summed E-state index contributed by atoms with van der Waals surface area (Å²) in [5.74, 6) is 0. The van der Waals surface area contributed by atoms with E-state index in [0.29, 0.717) is 0 Å². The summed E-state index contributed by atoms with van der Waals surface area (Å²) in [6, 6.07) is 0. The fourth-order valence-electron chi connectivity index (χ4n) is 1.29. The molecule has 1 fully saturated rings. The molecule has 5 heteroatoms. The molecule has 0 aromatic heterocycles. The Hall–Kier alpha value is -0.200. The van der Waals surface area contributed by atoms with E-state index in [4.69, 9.17) is 9.84 Å². The molecule has 72 valence electrons. The van der Waals surface area contributed by atoms with Crippen LogP contribution in [0.25, 0.3) is 0 Å². The first-order valence-corrected chi connectivity index (χ1v) is 3.88. The molecule has 1 aliphatic rings. The Labute approximate surface area is 70.2 Å². The van der Waals surface area contributed by atoms with Crippen molar-refractivity contribution in [2.45, 2.75) is 37.4 Å². The second-order valence-corrected chi connectivity index (χ2v) is 3.03. The topological polar surface area (TPSA) is 90.2 Å². The fourth-order valence-corrected chi connectivity index (χ4v) is 1.29. The fraction of sp³-hybridized carbons (Fsp3) is 1.00. The van der Waals surface area contributed by atoms with E-state index < -0.39 is 30.5 Å². The van der Waals surface area contributed by atoms with E-state index >= 15 is 0 Å². The minimum atomic E-state index is -1.24. The monoisotopic (exact) mass is 178 g/mol. The highest BCUT2D eigenvalue weighted by Gasteiger charge is 2.41. The molecule has 1 heterocycles. The Morgan fingerprint density at radius 3 is 2.17 bits per heavy atom. The molecule has 5 atom stereocenters. The lowest BCUT2D eigenvalue weighted by atomic mass is 9.96. The van der Waals surface area contributed by atoms with Gasteiger partial charge in [-0.15, -0.1) is 0 Å². The van der Waals surface area contributed by atoms with Crippen molar-refractivity contribution in [3.8, 4) is 0 Å². The number of hydrogen-bond acceptors (Lipinski definition) is 5. The van der Waals surface area contributed by atoms with Crippen molar-refractivity contribution >= 4 is 0 Å². The van der Waals surface area contributed by atoms with Gasteiger partial charge in [-0.25, -0.2) is 0 Å². The summed E-state index contributed by atoms with van der Waals surface area (Å²) >= 11 is 0.